The van der Waals surface area contributed by atoms with Gasteiger partial charge in [0.2, 0.25) is 5.75 Å². The molecule has 8 heteroatoms. The highest BCUT2D eigenvalue weighted by atomic mass is 35.5. The number of thiazole rings is 1. The molecule has 0 aliphatic rings. The van der Waals surface area contributed by atoms with Gasteiger partial charge in [0.25, 0.3) is 0 Å². The number of ketones is 1. The number of hydrogen-bond acceptors (Lipinski definition) is 7. The van der Waals surface area contributed by atoms with E-state index in [2.05, 4.69) is 4.98 Å². The Morgan fingerprint density at radius 3 is 2.50 bits per heavy atom. The highest BCUT2D eigenvalue weighted by Gasteiger charge is 2.18. The van der Waals surface area contributed by atoms with Crippen molar-refractivity contribution in [2.45, 2.75) is 12.8 Å². The number of carbonyl (C=O) groups excluding carboxylic acids is 1. The number of para-hydroxylation sites is 1. The molecular weight excluding hydrogens is 424 g/mol. The molecule has 1 aromatic heterocycles. The molecule has 1 heterocycles. The summed E-state index contributed by atoms with van der Waals surface area (Å²) < 4.78 is 17.0. The van der Waals surface area contributed by atoms with Crippen LogP contribution in [0.1, 0.15) is 10.6 Å². The standard InChI is InChI=1S/C22H23ClN2O4S/c1-25(2)17-13-20(29-19-7-5-6-18(27-3)22(19)28-4)14(11-16(17)23)10-15(26)12-21-24-8-9-30-21/h5-9,11,13H,10,12H2,1-4H3. The molecule has 0 aliphatic carbocycles. The summed E-state index contributed by atoms with van der Waals surface area (Å²) in [7, 11) is 6.90. The third-order valence-electron chi connectivity index (χ3n) is 4.42. The van der Waals surface area contributed by atoms with Crippen LogP contribution < -0.4 is 19.1 Å². The number of methoxy groups -OCH3 is 2. The van der Waals surface area contributed by atoms with Crippen molar-refractivity contribution in [1.82, 2.24) is 4.98 Å². The number of Topliss-reactive ketones (excluding diaryl/α,β-unsaturated/α-hetero) is 1. The van der Waals surface area contributed by atoms with Gasteiger partial charge in [-0.05, 0) is 18.2 Å². The zero-order chi connectivity index (χ0) is 21.7. The number of aromatic nitrogens is 1. The predicted octanol–water partition coefficient (Wildman–Crippen LogP) is 5.03. The van der Waals surface area contributed by atoms with Gasteiger partial charge < -0.3 is 19.1 Å². The van der Waals surface area contributed by atoms with Gasteiger partial charge in [0.1, 0.15) is 11.5 Å². The normalized spacial score (nSPS) is 10.6. The summed E-state index contributed by atoms with van der Waals surface area (Å²) in [6.07, 6.45) is 2.14. The number of rotatable bonds is 9. The summed E-state index contributed by atoms with van der Waals surface area (Å²) in [6.45, 7) is 0. The van der Waals surface area contributed by atoms with Crippen LogP contribution in [0.4, 0.5) is 5.69 Å². The Kier molecular flexibility index (Phi) is 7.18. The van der Waals surface area contributed by atoms with Gasteiger partial charge in [0.05, 0.1) is 36.4 Å². The van der Waals surface area contributed by atoms with Crippen molar-refractivity contribution in [2.24, 2.45) is 0 Å². The summed E-state index contributed by atoms with van der Waals surface area (Å²) in [5.74, 6) is 2.07. The Morgan fingerprint density at radius 2 is 1.87 bits per heavy atom. The van der Waals surface area contributed by atoms with Crippen molar-refractivity contribution in [2.75, 3.05) is 33.2 Å². The lowest BCUT2D eigenvalue weighted by molar-refractivity contribution is -0.117. The number of anilines is 1. The minimum atomic E-state index is 0.0288. The molecular formula is C22H23ClN2O4S. The maximum Gasteiger partial charge on any atom is 0.203 e. The van der Waals surface area contributed by atoms with Gasteiger partial charge >= 0.3 is 0 Å². The van der Waals surface area contributed by atoms with Crippen molar-refractivity contribution < 1.29 is 19.0 Å². The van der Waals surface area contributed by atoms with E-state index in [1.807, 2.05) is 36.5 Å². The lowest BCUT2D eigenvalue weighted by Gasteiger charge is -2.20. The fourth-order valence-corrected chi connectivity index (χ4v) is 4.00. The second-order valence-corrected chi connectivity index (χ2v) is 8.10. The molecule has 0 atom stereocenters. The molecule has 0 amide bonds. The Balaban J connectivity index is 1.97. The summed E-state index contributed by atoms with van der Waals surface area (Å²) in [4.78, 5) is 18.7. The van der Waals surface area contributed by atoms with Crippen molar-refractivity contribution in [3.8, 4) is 23.0 Å². The smallest absolute Gasteiger partial charge is 0.203 e. The lowest BCUT2D eigenvalue weighted by atomic mass is 10.0. The molecule has 3 rings (SSSR count). The van der Waals surface area contributed by atoms with E-state index in [0.29, 0.717) is 33.6 Å². The van der Waals surface area contributed by atoms with Crippen LogP contribution in [0.2, 0.25) is 5.02 Å². The first-order valence-electron chi connectivity index (χ1n) is 9.21. The van der Waals surface area contributed by atoms with Crippen molar-refractivity contribution >= 4 is 34.4 Å². The van der Waals surface area contributed by atoms with Crippen molar-refractivity contribution in [3.05, 3.63) is 57.5 Å². The number of halogens is 1. The van der Waals surface area contributed by atoms with Crippen LogP contribution in [-0.4, -0.2) is 39.1 Å². The summed E-state index contributed by atoms with van der Waals surface area (Å²) in [6, 6.07) is 8.99. The monoisotopic (exact) mass is 446 g/mol. The van der Waals surface area contributed by atoms with Crippen LogP contribution in [-0.2, 0) is 17.6 Å². The first kappa shape index (κ1) is 21.9. The van der Waals surface area contributed by atoms with E-state index in [1.165, 1.54) is 11.3 Å². The molecule has 0 fully saturated rings. The van der Waals surface area contributed by atoms with Crippen LogP contribution in [0.5, 0.6) is 23.0 Å². The zero-order valence-electron chi connectivity index (χ0n) is 17.3. The Labute approximate surface area is 185 Å². The van der Waals surface area contributed by atoms with Crippen molar-refractivity contribution in [1.29, 1.82) is 0 Å². The third-order valence-corrected chi connectivity index (χ3v) is 5.50. The molecule has 0 spiro atoms. The predicted molar refractivity (Wildman–Crippen MR) is 120 cm³/mol. The maximum absolute atomic E-state index is 12.7. The van der Waals surface area contributed by atoms with E-state index in [1.54, 1.807) is 38.6 Å². The Bertz CT molecular complexity index is 1020. The van der Waals surface area contributed by atoms with Gasteiger partial charge in [-0.2, -0.15) is 0 Å². The SMILES string of the molecule is COc1cccc(Oc2cc(N(C)C)c(Cl)cc2CC(=O)Cc2nccs2)c1OC. The van der Waals surface area contributed by atoms with Crippen LogP contribution in [0.25, 0.3) is 0 Å². The molecule has 0 N–H and O–H groups in total. The maximum atomic E-state index is 12.7. The Hall–Kier alpha value is -2.77. The zero-order valence-corrected chi connectivity index (χ0v) is 18.8. The van der Waals surface area contributed by atoms with E-state index < -0.39 is 0 Å². The number of ether oxygens (including phenoxy) is 3. The van der Waals surface area contributed by atoms with Gasteiger partial charge in [0, 0.05) is 43.7 Å². The van der Waals surface area contributed by atoms with E-state index in [-0.39, 0.29) is 18.6 Å². The molecule has 3 aromatic rings. The topological polar surface area (TPSA) is 60.9 Å². The highest BCUT2D eigenvalue weighted by Crippen LogP contribution is 2.42. The lowest BCUT2D eigenvalue weighted by Crippen LogP contribution is -2.11. The van der Waals surface area contributed by atoms with E-state index >= 15 is 0 Å². The average molecular weight is 447 g/mol. The minimum Gasteiger partial charge on any atom is -0.493 e. The van der Waals surface area contributed by atoms with Gasteiger partial charge in [-0.15, -0.1) is 11.3 Å². The first-order chi connectivity index (χ1) is 14.4. The molecule has 2 aromatic carbocycles. The van der Waals surface area contributed by atoms with Crippen LogP contribution in [0.15, 0.2) is 41.9 Å². The van der Waals surface area contributed by atoms with Crippen LogP contribution >= 0.6 is 22.9 Å². The van der Waals surface area contributed by atoms with Gasteiger partial charge in [-0.3, -0.25) is 4.79 Å². The molecule has 0 aliphatic heterocycles. The Morgan fingerprint density at radius 1 is 1.10 bits per heavy atom. The van der Waals surface area contributed by atoms with E-state index in [0.717, 1.165) is 10.7 Å². The number of carbonyl (C=O) groups is 1. The van der Waals surface area contributed by atoms with Crippen LogP contribution in [0.3, 0.4) is 0 Å². The quantitative estimate of drug-likeness (QED) is 0.459. The molecule has 6 nitrogen and oxygen atoms in total. The number of benzene rings is 2. The molecule has 0 saturated heterocycles. The average Bonchev–Trinajstić information content (AvgIpc) is 3.22. The second kappa shape index (κ2) is 9.82. The van der Waals surface area contributed by atoms with Gasteiger partial charge in [-0.1, -0.05) is 17.7 Å². The largest absolute Gasteiger partial charge is 0.493 e. The molecule has 30 heavy (non-hydrogen) atoms. The first-order valence-corrected chi connectivity index (χ1v) is 10.5. The molecule has 0 bridgehead atoms. The van der Waals surface area contributed by atoms with Gasteiger partial charge in [0.15, 0.2) is 11.5 Å². The molecule has 0 unspecified atom stereocenters. The highest BCUT2D eigenvalue weighted by molar-refractivity contribution is 7.09. The molecule has 0 radical (unpaired) electrons. The summed E-state index contributed by atoms with van der Waals surface area (Å²) in [5.41, 5.74) is 1.47. The summed E-state index contributed by atoms with van der Waals surface area (Å²) in [5, 5.41) is 3.18. The van der Waals surface area contributed by atoms with Crippen molar-refractivity contribution in [3.63, 3.8) is 0 Å². The molecule has 0 saturated carbocycles. The van der Waals surface area contributed by atoms with Gasteiger partial charge in [-0.25, -0.2) is 4.98 Å². The van der Waals surface area contributed by atoms with E-state index in [4.69, 9.17) is 25.8 Å². The van der Waals surface area contributed by atoms with Crippen LogP contribution in [0, 0.1) is 0 Å². The fourth-order valence-electron chi connectivity index (χ4n) is 3.00. The summed E-state index contributed by atoms with van der Waals surface area (Å²) >= 11 is 7.93. The number of nitrogens with zero attached hydrogens (tertiary/aromatic N) is 2. The number of hydrogen-bond donors (Lipinski definition) is 0. The third kappa shape index (κ3) is 5.04. The minimum absolute atomic E-state index is 0.0288. The fraction of sp³-hybridized carbons (Fsp3) is 0.273. The van der Waals surface area contributed by atoms with E-state index in [9.17, 15) is 4.79 Å². The molecule has 158 valence electrons. The second-order valence-electron chi connectivity index (χ2n) is 6.72.